The van der Waals surface area contributed by atoms with Gasteiger partial charge < -0.3 is 14.8 Å². The van der Waals surface area contributed by atoms with Crippen molar-refractivity contribution in [1.82, 2.24) is 4.90 Å². The molecule has 2 aromatic rings. The van der Waals surface area contributed by atoms with Gasteiger partial charge in [-0.25, -0.2) is 0 Å². The fraction of sp³-hybridized carbons (Fsp3) is 0.350. The van der Waals surface area contributed by atoms with Gasteiger partial charge in [0, 0.05) is 13.1 Å². The molecule has 0 saturated carbocycles. The highest BCUT2D eigenvalue weighted by Gasteiger charge is 2.33. The van der Waals surface area contributed by atoms with E-state index in [4.69, 9.17) is 9.47 Å². The monoisotopic (exact) mass is 394 g/mol. The molecule has 0 aromatic heterocycles. The van der Waals surface area contributed by atoms with E-state index in [1.807, 2.05) is 17.0 Å². The van der Waals surface area contributed by atoms with Gasteiger partial charge in [0.1, 0.15) is 0 Å². The Morgan fingerprint density at radius 2 is 1.75 bits per heavy atom. The van der Waals surface area contributed by atoms with Gasteiger partial charge in [-0.15, -0.1) is 0 Å². The van der Waals surface area contributed by atoms with Crippen molar-refractivity contribution in [3.63, 3.8) is 0 Å². The van der Waals surface area contributed by atoms with Crippen molar-refractivity contribution < 1.29 is 27.4 Å². The second-order valence-electron chi connectivity index (χ2n) is 6.53. The predicted octanol–water partition coefficient (Wildman–Crippen LogP) is 3.72. The van der Waals surface area contributed by atoms with Crippen molar-refractivity contribution in [2.75, 3.05) is 32.6 Å². The lowest BCUT2D eigenvalue weighted by Crippen LogP contribution is -2.37. The summed E-state index contributed by atoms with van der Waals surface area (Å²) in [5, 5.41) is 2.38. The van der Waals surface area contributed by atoms with Crippen molar-refractivity contribution in [3.8, 4) is 11.5 Å². The summed E-state index contributed by atoms with van der Waals surface area (Å²) in [6.45, 7) is 1.13. The van der Waals surface area contributed by atoms with Crippen molar-refractivity contribution in [3.05, 3.63) is 53.1 Å². The molecule has 0 fully saturated rings. The van der Waals surface area contributed by atoms with Gasteiger partial charge in [-0.2, -0.15) is 13.2 Å². The Morgan fingerprint density at radius 3 is 2.39 bits per heavy atom. The van der Waals surface area contributed by atoms with Crippen LogP contribution >= 0.6 is 0 Å². The van der Waals surface area contributed by atoms with Crippen LogP contribution in [-0.4, -0.2) is 38.1 Å². The molecule has 150 valence electrons. The third-order valence-electron chi connectivity index (χ3n) is 4.67. The van der Waals surface area contributed by atoms with Crippen LogP contribution in [0, 0.1) is 0 Å². The van der Waals surface area contributed by atoms with Crippen LogP contribution in [0.2, 0.25) is 0 Å². The summed E-state index contributed by atoms with van der Waals surface area (Å²) in [6.07, 6.45) is -3.81. The first-order valence-corrected chi connectivity index (χ1v) is 8.74. The fourth-order valence-corrected chi connectivity index (χ4v) is 3.31. The van der Waals surface area contributed by atoms with E-state index in [-0.39, 0.29) is 12.2 Å². The van der Waals surface area contributed by atoms with Crippen LogP contribution in [0.5, 0.6) is 11.5 Å². The number of alkyl halides is 3. The van der Waals surface area contributed by atoms with E-state index < -0.39 is 17.6 Å². The van der Waals surface area contributed by atoms with E-state index in [1.165, 1.54) is 18.2 Å². The third kappa shape index (κ3) is 4.39. The smallest absolute Gasteiger partial charge is 0.418 e. The number of hydrogen-bond acceptors (Lipinski definition) is 4. The Kier molecular flexibility index (Phi) is 5.79. The maximum Gasteiger partial charge on any atom is 0.418 e. The number of fused-ring (bicyclic) bond motifs is 1. The molecule has 0 unspecified atom stereocenters. The van der Waals surface area contributed by atoms with Gasteiger partial charge >= 0.3 is 6.18 Å². The molecule has 2 aromatic carbocycles. The van der Waals surface area contributed by atoms with Gasteiger partial charge in [-0.05, 0) is 41.8 Å². The van der Waals surface area contributed by atoms with Crippen molar-refractivity contribution in [2.24, 2.45) is 0 Å². The molecular formula is C20H21F3N2O3. The van der Waals surface area contributed by atoms with Gasteiger partial charge in [0.05, 0.1) is 32.0 Å². The molecule has 3 rings (SSSR count). The number of nitrogens with one attached hydrogen (secondary N) is 1. The lowest BCUT2D eigenvalue weighted by atomic mass is 9.99. The van der Waals surface area contributed by atoms with E-state index in [0.717, 1.165) is 17.2 Å². The molecule has 0 atom stereocenters. The second-order valence-corrected chi connectivity index (χ2v) is 6.53. The summed E-state index contributed by atoms with van der Waals surface area (Å²) in [5.41, 5.74) is 1.03. The first-order valence-electron chi connectivity index (χ1n) is 8.74. The standard InChI is InChI=1S/C20H21F3N2O3/c1-27-17-9-13-7-8-25(11-14(13)10-18(17)28-2)12-19(26)24-16-6-4-3-5-15(16)20(21,22)23/h3-6,9-10H,7-8,11-12H2,1-2H3,(H,24,26). The Morgan fingerprint density at radius 1 is 1.11 bits per heavy atom. The van der Waals surface area contributed by atoms with Crippen LogP contribution < -0.4 is 14.8 Å². The molecular weight excluding hydrogens is 373 g/mol. The highest BCUT2D eigenvalue weighted by atomic mass is 19.4. The number of anilines is 1. The lowest BCUT2D eigenvalue weighted by Gasteiger charge is -2.29. The predicted molar refractivity (Wildman–Crippen MR) is 98.6 cm³/mol. The van der Waals surface area contributed by atoms with Crippen LogP contribution in [0.4, 0.5) is 18.9 Å². The molecule has 1 heterocycles. The average Bonchev–Trinajstić information content (AvgIpc) is 2.66. The first kappa shape index (κ1) is 20.0. The van der Waals surface area contributed by atoms with E-state index in [0.29, 0.717) is 31.0 Å². The first-order chi connectivity index (χ1) is 13.3. The normalized spacial score (nSPS) is 14.3. The minimum atomic E-state index is -4.52. The Hall–Kier alpha value is -2.74. The minimum Gasteiger partial charge on any atom is -0.493 e. The number of para-hydroxylation sites is 1. The fourth-order valence-electron chi connectivity index (χ4n) is 3.31. The molecule has 0 aliphatic carbocycles. The number of methoxy groups -OCH3 is 2. The molecule has 0 spiro atoms. The SMILES string of the molecule is COc1cc2c(cc1OC)CN(CC(=O)Nc1ccccc1C(F)(F)F)CC2. The van der Waals surface area contributed by atoms with Gasteiger partial charge in [-0.3, -0.25) is 9.69 Å². The van der Waals surface area contributed by atoms with Crippen LogP contribution in [-0.2, 0) is 23.9 Å². The largest absolute Gasteiger partial charge is 0.493 e. The zero-order chi connectivity index (χ0) is 20.3. The molecule has 28 heavy (non-hydrogen) atoms. The molecule has 1 amide bonds. The molecule has 1 aliphatic heterocycles. The Labute approximate surface area is 161 Å². The number of hydrogen-bond donors (Lipinski definition) is 1. The number of ether oxygens (including phenoxy) is 2. The van der Waals surface area contributed by atoms with Crippen LogP contribution in [0.1, 0.15) is 16.7 Å². The molecule has 8 heteroatoms. The maximum atomic E-state index is 13.1. The number of amides is 1. The molecule has 1 N–H and O–H groups in total. The lowest BCUT2D eigenvalue weighted by molar-refractivity contribution is -0.137. The van der Waals surface area contributed by atoms with Crippen LogP contribution in [0.15, 0.2) is 36.4 Å². The molecule has 5 nitrogen and oxygen atoms in total. The molecule has 1 aliphatic rings. The summed E-state index contributed by atoms with van der Waals surface area (Å²) in [7, 11) is 3.12. The Balaban J connectivity index is 1.69. The van der Waals surface area contributed by atoms with E-state index in [1.54, 1.807) is 14.2 Å². The summed E-state index contributed by atoms with van der Waals surface area (Å²) in [6, 6.07) is 8.75. The molecule has 0 radical (unpaired) electrons. The van der Waals surface area contributed by atoms with E-state index in [9.17, 15) is 18.0 Å². The van der Waals surface area contributed by atoms with Crippen LogP contribution in [0.25, 0.3) is 0 Å². The number of benzene rings is 2. The number of carbonyl (C=O) groups is 1. The van der Waals surface area contributed by atoms with Crippen molar-refractivity contribution >= 4 is 11.6 Å². The summed E-state index contributed by atoms with van der Waals surface area (Å²) in [4.78, 5) is 14.2. The summed E-state index contributed by atoms with van der Waals surface area (Å²) >= 11 is 0. The highest BCUT2D eigenvalue weighted by Crippen LogP contribution is 2.35. The number of nitrogens with zero attached hydrogens (tertiary/aromatic N) is 1. The number of rotatable bonds is 5. The zero-order valence-corrected chi connectivity index (χ0v) is 15.6. The second kappa shape index (κ2) is 8.10. The van der Waals surface area contributed by atoms with Crippen molar-refractivity contribution in [2.45, 2.75) is 19.1 Å². The molecule has 0 saturated heterocycles. The summed E-state index contributed by atoms with van der Waals surface area (Å²) in [5.74, 6) is 0.767. The zero-order valence-electron chi connectivity index (χ0n) is 15.6. The quantitative estimate of drug-likeness (QED) is 0.840. The summed E-state index contributed by atoms with van der Waals surface area (Å²) < 4.78 is 49.8. The highest BCUT2D eigenvalue weighted by molar-refractivity contribution is 5.93. The van der Waals surface area contributed by atoms with E-state index >= 15 is 0 Å². The molecule has 0 bridgehead atoms. The number of carbonyl (C=O) groups excluding carboxylic acids is 1. The van der Waals surface area contributed by atoms with Crippen LogP contribution in [0.3, 0.4) is 0 Å². The van der Waals surface area contributed by atoms with Gasteiger partial charge in [0.25, 0.3) is 0 Å². The van der Waals surface area contributed by atoms with Crippen molar-refractivity contribution in [1.29, 1.82) is 0 Å². The van der Waals surface area contributed by atoms with Gasteiger partial charge in [0.2, 0.25) is 5.91 Å². The van der Waals surface area contributed by atoms with E-state index in [2.05, 4.69) is 5.32 Å². The third-order valence-corrected chi connectivity index (χ3v) is 4.67. The average molecular weight is 394 g/mol. The number of halogens is 3. The van der Waals surface area contributed by atoms with Gasteiger partial charge in [-0.1, -0.05) is 12.1 Å². The Bertz CT molecular complexity index is 868. The maximum absolute atomic E-state index is 13.1. The topological polar surface area (TPSA) is 50.8 Å². The minimum absolute atomic E-state index is 0.0000237. The van der Waals surface area contributed by atoms with Gasteiger partial charge in [0.15, 0.2) is 11.5 Å².